The zero-order valence-electron chi connectivity index (χ0n) is 17.5. The maximum absolute atomic E-state index is 11.5. The van der Waals surface area contributed by atoms with E-state index in [1.807, 2.05) is 0 Å². The first-order valence-corrected chi connectivity index (χ1v) is 9.88. The average Bonchev–Trinajstić information content (AvgIpc) is 2.57. The van der Waals surface area contributed by atoms with Gasteiger partial charge in [0.2, 0.25) is 0 Å². The molecule has 0 aromatic heterocycles. The zero-order valence-corrected chi connectivity index (χ0v) is 21.1. The molecule has 2 aromatic rings. The van der Waals surface area contributed by atoms with Crippen LogP contribution in [0, 0.1) is 20.2 Å². The molecule has 0 spiro atoms. The van der Waals surface area contributed by atoms with E-state index in [0.717, 1.165) is 36.4 Å². The largest absolute Gasteiger partial charge is 1.00 e. The standard InChI is InChI=1S/C14H10N2O10S2.2Na.2H/c17-15(18)11-5-3-9(13(7-11)27(21,22)23)1-2-10-4-6-12(16(19)20)8-14(10)28(24,25)26;;;;/h1-8H,(H,21,22,23)(H,24,25,26);;;;/q;2*+1;2*-1. The number of nitro groups is 2. The summed E-state index contributed by atoms with van der Waals surface area (Å²) >= 11 is 0. The van der Waals surface area contributed by atoms with Crippen LogP contribution in [0.1, 0.15) is 14.0 Å². The normalized spacial score (nSPS) is 11.4. The van der Waals surface area contributed by atoms with Crippen LogP contribution in [0.3, 0.4) is 0 Å². The van der Waals surface area contributed by atoms with E-state index in [1.54, 1.807) is 0 Å². The Balaban J connectivity index is -0.00000210. The molecule has 0 radical (unpaired) electrons. The fraction of sp³-hybridized carbons (Fsp3) is 0. The molecule has 16 heteroatoms. The molecule has 30 heavy (non-hydrogen) atoms. The summed E-state index contributed by atoms with van der Waals surface area (Å²) < 4.78 is 64.4. The number of benzene rings is 2. The maximum atomic E-state index is 11.5. The molecule has 0 amide bonds. The molecule has 0 saturated carbocycles. The Morgan fingerprint density at radius 1 is 0.733 bits per heavy atom. The molecule has 0 unspecified atom stereocenters. The van der Waals surface area contributed by atoms with Crippen LogP contribution in [-0.2, 0) is 20.2 Å². The van der Waals surface area contributed by atoms with Crippen molar-refractivity contribution in [3.05, 3.63) is 67.8 Å². The van der Waals surface area contributed by atoms with Crippen LogP contribution in [0.15, 0.2) is 46.2 Å². The molecule has 0 aliphatic heterocycles. The molecule has 2 aromatic carbocycles. The quantitative estimate of drug-likeness (QED) is 0.138. The van der Waals surface area contributed by atoms with E-state index in [9.17, 15) is 46.2 Å². The number of nitro benzene ring substituents is 2. The van der Waals surface area contributed by atoms with Crippen molar-refractivity contribution in [2.24, 2.45) is 0 Å². The molecule has 2 N–H and O–H groups in total. The summed E-state index contributed by atoms with van der Waals surface area (Å²) in [5, 5.41) is 21.5. The summed E-state index contributed by atoms with van der Waals surface area (Å²) in [5.74, 6) is 0. The van der Waals surface area contributed by atoms with Gasteiger partial charge in [-0.2, -0.15) is 16.8 Å². The van der Waals surface area contributed by atoms with Crippen LogP contribution < -0.4 is 59.1 Å². The van der Waals surface area contributed by atoms with E-state index < -0.39 is 51.2 Å². The molecular weight excluding hydrogens is 466 g/mol. The van der Waals surface area contributed by atoms with Crippen molar-refractivity contribution in [3.63, 3.8) is 0 Å². The van der Waals surface area contributed by atoms with Crippen molar-refractivity contribution in [1.82, 2.24) is 0 Å². The molecule has 0 fully saturated rings. The predicted molar refractivity (Wildman–Crippen MR) is 97.0 cm³/mol. The van der Waals surface area contributed by atoms with Crippen LogP contribution >= 0.6 is 0 Å². The molecule has 0 saturated heterocycles. The van der Waals surface area contributed by atoms with Gasteiger partial charge in [0.25, 0.3) is 31.6 Å². The SMILES string of the molecule is O=[N+]([O-])c1ccc(C=Cc2ccc([N+](=O)[O-])cc2S(=O)(=O)O)c(S(=O)(=O)O)c1.[H-].[H-].[Na+].[Na+]. The predicted octanol–water partition coefficient (Wildman–Crippen LogP) is -3.60. The summed E-state index contributed by atoms with van der Waals surface area (Å²) in [4.78, 5) is 18.2. The van der Waals surface area contributed by atoms with Crippen LogP contribution in [0.25, 0.3) is 12.2 Å². The molecule has 0 atom stereocenters. The molecule has 0 bridgehead atoms. The molecule has 0 aliphatic carbocycles. The van der Waals surface area contributed by atoms with Crippen LogP contribution in [0.4, 0.5) is 11.4 Å². The van der Waals surface area contributed by atoms with Gasteiger partial charge in [-0.25, -0.2) is 0 Å². The molecular formula is C14H12N2Na2O10S2. The van der Waals surface area contributed by atoms with Crippen LogP contribution in [-0.4, -0.2) is 35.8 Å². The number of hydrogen-bond acceptors (Lipinski definition) is 8. The summed E-state index contributed by atoms with van der Waals surface area (Å²) in [6.07, 6.45) is 2.01. The number of nitrogens with zero attached hydrogens (tertiary/aromatic N) is 2. The van der Waals surface area contributed by atoms with Gasteiger partial charge in [0.05, 0.1) is 9.85 Å². The fourth-order valence-corrected chi connectivity index (χ4v) is 3.58. The minimum absolute atomic E-state index is 0. The third kappa shape index (κ3) is 7.19. The third-order valence-electron chi connectivity index (χ3n) is 3.41. The minimum atomic E-state index is -4.86. The van der Waals surface area contributed by atoms with Crippen molar-refractivity contribution < 1.29 is 97.8 Å². The van der Waals surface area contributed by atoms with Gasteiger partial charge >= 0.3 is 59.1 Å². The van der Waals surface area contributed by atoms with Crippen molar-refractivity contribution in [2.75, 3.05) is 0 Å². The Hall–Kier alpha value is -1.20. The maximum Gasteiger partial charge on any atom is 1.00 e. The van der Waals surface area contributed by atoms with Crippen molar-refractivity contribution in [3.8, 4) is 0 Å². The molecule has 2 rings (SSSR count). The van der Waals surface area contributed by atoms with Crippen molar-refractivity contribution >= 4 is 43.8 Å². The van der Waals surface area contributed by atoms with E-state index in [0.29, 0.717) is 12.1 Å². The Labute approximate surface area is 217 Å². The summed E-state index contributed by atoms with van der Waals surface area (Å²) in [6, 6.07) is 5.11. The Kier molecular flexibility index (Phi) is 10.5. The van der Waals surface area contributed by atoms with E-state index >= 15 is 0 Å². The first kappa shape index (κ1) is 28.8. The van der Waals surface area contributed by atoms with Gasteiger partial charge in [-0.3, -0.25) is 29.3 Å². The Bertz CT molecular complexity index is 1140. The van der Waals surface area contributed by atoms with Gasteiger partial charge in [0.1, 0.15) is 9.79 Å². The summed E-state index contributed by atoms with van der Waals surface area (Å²) in [5.41, 5.74) is -1.68. The second-order valence-electron chi connectivity index (χ2n) is 5.24. The first-order valence-electron chi connectivity index (χ1n) is 7.00. The number of rotatable bonds is 6. The van der Waals surface area contributed by atoms with Crippen LogP contribution in [0.5, 0.6) is 0 Å². The van der Waals surface area contributed by atoms with Crippen LogP contribution in [0.2, 0.25) is 0 Å². The van der Waals surface area contributed by atoms with Gasteiger partial charge in [-0.05, 0) is 23.3 Å². The summed E-state index contributed by atoms with van der Waals surface area (Å²) in [7, 11) is -9.73. The zero-order chi connectivity index (χ0) is 21.3. The fourth-order valence-electron chi connectivity index (χ4n) is 2.17. The Morgan fingerprint density at radius 3 is 1.27 bits per heavy atom. The second kappa shape index (κ2) is 10.9. The Morgan fingerprint density at radius 2 is 1.03 bits per heavy atom. The van der Waals surface area contributed by atoms with E-state index in [-0.39, 0.29) is 73.1 Å². The van der Waals surface area contributed by atoms with E-state index in [4.69, 9.17) is 0 Å². The smallest absolute Gasteiger partial charge is 1.00 e. The third-order valence-corrected chi connectivity index (χ3v) is 5.23. The van der Waals surface area contributed by atoms with E-state index in [1.165, 1.54) is 0 Å². The van der Waals surface area contributed by atoms with E-state index in [2.05, 4.69) is 0 Å². The van der Waals surface area contributed by atoms with Crippen molar-refractivity contribution in [1.29, 1.82) is 0 Å². The van der Waals surface area contributed by atoms with Gasteiger partial charge in [-0.1, -0.05) is 12.2 Å². The first-order chi connectivity index (χ1) is 12.8. The van der Waals surface area contributed by atoms with Gasteiger partial charge < -0.3 is 2.85 Å². The topological polar surface area (TPSA) is 195 Å². The van der Waals surface area contributed by atoms with Gasteiger partial charge in [-0.15, -0.1) is 0 Å². The second-order valence-corrected chi connectivity index (χ2v) is 8.02. The average molecular weight is 478 g/mol. The molecule has 12 nitrogen and oxygen atoms in total. The number of non-ortho nitro benzene ring substituents is 2. The van der Waals surface area contributed by atoms with Gasteiger partial charge in [0, 0.05) is 24.3 Å². The molecule has 0 aliphatic rings. The number of hydrogen-bond donors (Lipinski definition) is 2. The minimum Gasteiger partial charge on any atom is -1.00 e. The summed E-state index contributed by atoms with van der Waals surface area (Å²) in [6.45, 7) is 0. The molecule has 152 valence electrons. The van der Waals surface area contributed by atoms with Gasteiger partial charge in [0.15, 0.2) is 0 Å². The monoisotopic (exact) mass is 478 g/mol. The van der Waals surface area contributed by atoms with Crippen molar-refractivity contribution in [2.45, 2.75) is 9.79 Å². The molecule has 0 heterocycles.